The fraction of sp³-hybridized carbons (Fsp3) is 0.208. The summed E-state index contributed by atoms with van der Waals surface area (Å²) in [4.78, 5) is 23.6. The van der Waals surface area contributed by atoms with Crippen molar-refractivity contribution in [2.45, 2.75) is 19.4 Å². The van der Waals surface area contributed by atoms with Crippen molar-refractivity contribution in [2.75, 3.05) is 19.5 Å². The lowest BCUT2D eigenvalue weighted by Crippen LogP contribution is -2.16. The standard InChI is InChI=1S/C24H24N2O5/c1-16-5-4-6-19(13-16)25-21(17-7-10-20(11-8-17)26(28)29)15-22(27)18-9-12-23(30-2)24(14-18)31-3/h4-14,21,25H,15H2,1-3H3. The van der Waals surface area contributed by atoms with Crippen LogP contribution in [0, 0.1) is 17.0 Å². The predicted molar refractivity (Wildman–Crippen MR) is 119 cm³/mol. The Morgan fingerprint density at radius 1 is 1.00 bits per heavy atom. The van der Waals surface area contributed by atoms with Crippen LogP contribution in [-0.4, -0.2) is 24.9 Å². The number of nitro groups is 1. The Bertz CT molecular complexity index is 1080. The van der Waals surface area contributed by atoms with E-state index >= 15 is 0 Å². The highest BCUT2D eigenvalue weighted by atomic mass is 16.6. The number of nitrogens with one attached hydrogen (secondary N) is 1. The van der Waals surface area contributed by atoms with Gasteiger partial charge in [-0.15, -0.1) is 0 Å². The number of ether oxygens (including phenoxy) is 2. The molecule has 0 aliphatic carbocycles. The number of Topliss-reactive ketones (excluding diaryl/α,β-unsaturated/α-hetero) is 1. The number of rotatable bonds is 9. The van der Waals surface area contributed by atoms with Crippen LogP contribution in [0.1, 0.15) is 33.9 Å². The third-order valence-electron chi connectivity index (χ3n) is 4.96. The number of carbonyl (C=O) groups excluding carboxylic acids is 1. The number of hydrogen-bond donors (Lipinski definition) is 1. The molecule has 3 aromatic carbocycles. The molecule has 160 valence electrons. The van der Waals surface area contributed by atoms with Crippen molar-refractivity contribution in [1.82, 2.24) is 0 Å². The Morgan fingerprint density at radius 3 is 2.32 bits per heavy atom. The topological polar surface area (TPSA) is 90.7 Å². The van der Waals surface area contributed by atoms with Gasteiger partial charge in [0.15, 0.2) is 17.3 Å². The van der Waals surface area contributed by atoms with Crippen molar-refractivity contribution < 1.29 is 19.2 Å². The summed E-state index contributed by atoms with van der Waals surface area (Å²) in [7, 11) is 3.06. The number of anilines is 1. The summed E-state index contributed by atoms with van der Waals surface area (Å²) in [5.74, 6) is 0.931. The quantitative estimate of drug-likeness (QED) is 0.285. The number of ketones is 1. The van der Waals surface area contributed by atoms with Crippen LogP contribution in [0.2, 0.25) is 0 Å². The zero-order valence-corrected chi connectivity index (χ0v) is 17.6. The first kappa shape index (κ1) is 21.8. The minimum absolute atomic E-state index is 0.00396. The van der Waals surface area contributed by atoms with Crippen molar-refractivity contribution >= 4 is 17.2 Å². The van der Waals surface area contributed by atoms with Gasteiger partial charge in [0.1, 0.15) is 0 Å². The van der Waals surface area contributed by atoms with Crippen molar-refractivity contribution in [1.29, 1.82) is 0 Å². The number of nitro benzene ring substituents is 1. The van der Waals surface area contributed by atoms with Crippen LogP contribution in [0.3, 0.4) is 0 Å². The third kappa shape index (κ3) is 5.39. The van der Waals surface area contributed by atoms with Crippen molar-refractivity contribution in [3.8, 4) is 11.5 Å². The van der Waals surface area contributed by atoms with E-state index in [9.17, 15) is 14.9 Å². The first-order chi connectivity index (χ1) is 14.9. The Hall–Kier alpha value is -3.87. The molecule has 0 aliphatic heterocycles. The van der Waals surface area contributed by atoms with E-state index in [4.69, 9.17) is 9.47 Å². The Labute approximate surface area is 180 Å². The van der Waals surface area contributed by atoms with Crippen LogP contribution in [0.25, 0.3) is 0 Å². The molecule has 0 heterocycles. The monoisotopic (exact) mass is 420 g/mol. The second-order valence-electron chi connectivity index (χ2n) is 7.11. The number of carbonyl (C=O) groups is 1. The molecule has 0 aromatic heterocycles. The maximum absolute atomic E-state index is 13.1. The van der Waals surface area contributed by atoms with Crippen LogP contribution in [0.5, 0.6) is 11.5 Å². The van der Waals surface area contributed by atoms with Gasteiger partial charge in [-0.2, -0.15) is 0 Å². The minimum atomic E-state index is -0.443. The molecule has 1 atom stereocenters. The summed E-state index contributed by atoms with van der Waals surface area (Å²) in [5, 5.41) is 14.4. The zero-order valence-electron chi connectivity index (χ0n) is 17.6. The molecule has 0 fully saturated rings. The number of hydrogen-bond acceptors (Lipinski definition) is 6. The molecular weight excluding hydrogens is 396 g/mol. The molecule has 1 unspecified atom stereocenters. The average Bonchev–Trinajstić information content (AvgIpc) is 2.78. The summed E-state index contributed by atoms with van der Waals surface area (Å²) in [5.41, 5.74) is 3.22. The highest BCUT2D eigenvalue weighted by molar-refractivity contribution is 5.97. The van der Waals surface area contributed by atoms with Gasteiger partial charge in [-0.05, 0) is 48.4 Å². The third-order valence-corrected chi connectivity index (χ3v) is 4.96. The van der Waals surface area contributed by atoms with Crippen molar-refractivity contribution in [2.24, 2.45) is 0 Å². The zero-order chi connectivity index (χ0) is 22.4. The molecule has 0 saturated carbocycles. The molecule has 0 saturated heterocycles. The lowest BCUT2D eigenvalue weighted by molar-refractivity contribution is -0.384. The number of non-ortho nitro benzene ring substituents is 1. The van der Waals surface area contributed by atoms with E-state index in [1.54, 1.807) is 30.3 Å². The van der Waals surface area contributed by atoms with Crippen LogP contribution < -0.4 is 14.8 Å². The van der Waals surface area contributed by atoms with Gasteiger partial charge < -0.3 is 14.8 Å². The molecule has 0 spiro atoms. The van der Waals surface area contributed by atoms with Crippen molar-refractivity contribution in [3.63, 3.8) is 0 Å². The van der Waals surface area contributed by atoms with Gasteiger partial charge >= 0.3 is 0 Å². The normalized spacial score (nSPS) is 11.5. The van der Waals surface area contributed by atoms with Crippen LogP contribution in [-0.2, 0) is 0 Å². The summed E-state index contributed by atoms with van der Waals surface area (Å²) >= 11 is 0. The van der Waals surface area contributed by atoms with Crippen molar-refractivity contribution in [3.05, 3.63) is 93.5 Å². The predicted octanol–water partition coefficient (Wildman–Crippen LogP) is 5.35. The summed E-state index contributed by atoms with van der Waals surface area (Å²) in [6.45, 7) is 1.99. The molecule has 0 amide bonds. The molecule has 1 N–H and O–H groups in total. The lowest BCUT2D eigenvalue weighted by Gasteiger charge is -2.20. The molecule has 3 rings (SSSR count). The molecular formula is C24H24N2O5. The lowest BCUT2D eigenvalue weighted by atomic mass is 9.97. The fourth-order valence-electron chi connectivity index (χ4n) is 3.33. The van der Waals surface area contributed by atoms with Crippen LogP contribution in [0.4, 0.5) is 11.4 Å². The van der Waals surface area contributed by atoms with E-state index in [0.717, 1.165) is 16.8 Å². The van der Waals surface area contributed by atoms with Crippen LogP contribution >= 0.6 is 0 Å². The fourth-order valence-corrected chi connectivity index (χ4v) is 3.33. The van der Waals surface area contributed by atoms with Gasteiger partial charge in [0.25, 0.3) is 5.69 Å². The second kappa shape index (κ2) is 9.75. The number of methoxy groups -OCH3 is 2. The van der Waals surface area contributed by atoms with Gasteiger partial charge in [-0.25, -0.2) is 0 Å². The van der Waals surface area contributed by atoms with Gasteiger partial charge in [0.2, 0.25) is 0 Å². The first-order valence-electron chi connectivity index (χ1n) is 9.74. The SMILES string of the molecule is COc1ccc(C(=O)CC(Nc2cccc(C)c2)c2ccc([N+](=O)[O-])cc2)cc1OC. The summed E-state index contributed by atoms with van der Waals surface area (Å²) < 4.78 is 10.5. The highest BCUT2D eigenvalue weighted by Crippen LogP contribution is 2.30. The van der Waals surface area contributed by atoms with E-state index in [1.807, 2.05) is 31.2 Å². The summed E-state index contributed by atoms with van der Waals surface area (Å²) in [6, 6.07) is 18.7. The number of benzene rings is 3. The minimum Gasteiger partial charge on any atom is -0.493 e. The largest absolute Gasteiger partial charge is 0.493 e. The molecule has 31 heavy (non-hydrogen) atoms. The first-order valence-corrected chi connectivity index (χ1v) is 9.74. The highest BCUT2D eigenvalue weighted by Gasteiger charge is 2.20. The molecule has 0 bridgehead atoms. The van der Waals surface area contributed by atoms with E-state index in [0.29, 0.717) is 17.1 Å². The summed E-state index contributed by atoms with van der Waals surface area (Å²) in [6.07, 6.45) is 0.154. The van der Waals surface area contributed by atoms with Gasteiger partial charge in [-0.1, -0.05) is 24.3 Å². The molecule has 7 heteroatoms. The smallest absolute Gasteiger partial charge is 0.269 e. The number of nitrogens with zero attached hydrogens (tertiary/aromatic N) is 1. The second-order valence-corrected chi connectivity index (χ2v) is 7.11. The van der Waals surface area contributed by atoms with Gasteiger partial charge in [0, 0.05) is 29.8 Å². The van der Waals surface area contributed by atoms with E-state index in [2.05, 4.69) is 5.32 Å². The maximum atomic E-state index is 13.1. The van der Waals surface area contributed by atoms with Gasteiger partial charge in [-0.3, -0.25) is 14.9 Å². The Kier molecular flexibility index (Phi) is 6.87. The Balaban J connectivity index is 1.90. The average molecular weight is 420 g/mol. The van der Waals surface area contributed by atoms with E-state index in [1.165, 1.54) is 26.4 Å². The van der Waals surface area contributed by atoms with Crippen LogP contribution in [0.15, 0.2) is 66.7 Å². The molecule has 0 aliphatic rings. The molecule has 3 aromatic rings. The van der Waals surface area contributed by atoms with Gasteiger partial charge in [0.05, 0.1) is 25.2 Å². The van der Waals surface area contributed by atoms with E-state index < -0.39 is 4.92 Å². The Morgan fingerprint density at radius 2 is 1.71 bits per heavy atom. The molecule has 7 nitrogen and oxygen atoms in total. The number of aryl methyl sites for hydroxylation is 1. The maximum Gasteiger partial charge on any atom is 0.269 e. The van der Waals surface area contributed by atoms with E-state index in [-0.39, 0.29) is 23.9 Å². The molecule has 0 radical (unpaired) electrons.